The SMILES string of the molecule is CN(CCN=C(N)NC#N)CCNc1cc(N2CCCC2)nc(N2CCCC2)n1. The van der Waals surface area contributed by atoms with Gasteiger partial charge in [0.15, 0.2) is 6.19 Å². The summed E-state index contributed by atoms with van der Waals surface area (Å²) in [5, 5.41) is 14.3. The standard InChI is InChI=1S/C19H32N10/c1-27(13-7-23-18(21)24-15-20)12-6-22-16-14-17(28-8-2-3-9-28)26-19(25-16)29-10-4-5-11-29/h14H,2-13H2,1H3,(H3,21,23,24)(H,22,25,26). The van der Waals surface area contributed by atoms with Crippen LogP contribution >= 0.6 is 0 Å². The van der Waals surface area contributed by atoms with Crippen molar-refractivity contribution in [3.05, 3.63) is 6.07 Å². The molecule has 158 valence electrons. The number of nitrogens with zero attached hydrogens (tertiary/aromatic N) is 7. The van der Waals surface area contributed by atoms with Gasteiger partial charge in [-0.25, -0.2) is 0 Å². The first-order valence-electron chi connectivity index (χ1n) is 10.4. The van der Waals surface area contributed by atoms with Crippen LogP contribution in [0.4, 0.5) is 17.6 Å². The van der Waals surface area contributed by atoms with E-state index in [2.05, 4.69) is 36.4 Å². The van der Waals surface area contributed by atoms with E-state index >= 15 is 0 Å². The largest absolute Gasteiger partial charge is 0.369 e. The summed E-state index contributed by atoms with van der Waals surface area (Å²) in [6.07, 6.45) is 6.64. The number of hydrogen-bond donors (Lipinski definition) is 3. The fourth-order valence-electron chi connectivity index (χ4n) is 3.60. The number of nitrogens with one attached hydrogen (secondary N) is 2. The summed E-state index contributed by atoms with van der Waals surface area (Å²) in [5.74, 6) is 2.92. The van der Waals surface area contributed by atoms with Crippen LogP contribution in [0.15, 0.2) is 11.1 Å². The predicted molar refractivity (Wildman–Crippen MR) is 116 cm³/mol. The molecule has 10 heteroatoms. The van der Waals surface area contributed by atoms with E-state index in [9.17, 15) is 0 Å². The van der Waals surface area contributed by atoms with Gasteiger partial charge >= 0.3 is 0 Å². The molecule has 2 fully saturated rings. The first-order chi connectivity index (χ1) is 14.2. The third-order valence-electron chi connectivity index (χ3n) is 5.27. The second-order valence-electron chi connectivity index (χ2n) is 7.53. The van der Waals surface area contributed by atoms with E-state index < -0.39 is 0 Å². The van der Waals surface area contributed by atoms with Crippen LogP contribution in [-0.4, -0.2) is 80.2 Å². The molecule has 1 aromatic rings. The van der Waals surface area contributed by atoms with Gasteiger partial charge in [0.05, 0.1) is 6.54 Å². The van der Waals surface area contributed by atoms with Crippen LogP contribution in [-0.2, 0) is 0 Å². The lowest BCUT2D eigenvalue weighted by molar-refractivity contribution is 0.357. The van der Waals surface area contributed by atoms with Crippen molar-refractivity contribution in [2.75, 3.05) is 74.5 Å². The molecule has 0 spiro atoms. The molecule has 4 N–H and O–H groups in total. The normalized spacial score (nSPS) is 17.1. The Balaban J connectivity index is 1.54. The molecule has 29 heavy (non-hydrogen) atoms. The number of anilines is 3. The summed E-state index contributed by atoms with van der Waals surface area (Å²) in [7, 11) is 2.04. The summed E-state index contributed by atoms with van der Waals surface area (Å²) in [4.78, 5) is 20.5. The number of aromatic nitrogens is 2. The van der Waals surface area contributed by atoms with Crippen molar-refractivity contribution >= 4 is 23.5 Å². The molecule has 3 rings (SSSR count). The number of hydrogen-bond acceptors (Lipinski definition) is 8. The minimum atomic E-state index is 0.156. The number of nitrogens with two attached hydrogens (primary N) is 1. The van der Waals surface area contributed by atoms with Crippen molar-refractivity contribution in [1.29, 1.82) is 5.26 Å². The fraction of sp³-hybridized carbons (Fsp3) is 0.684. The Hall–Kier alpha value is -2.80. The average molecular weight is 401 g/mol. The maximum absolute atomic E-state index is 8.49. The van der Waals surface area contributed by atoms with Crippen LogP contribution in [0.3, 0.4) is 0 Å². The Morgan fingerprint density at radius 2 is 1.86 bits per heavy atom. The highest BCUT2D eigenvalue weighted by Gasteiger charge is 2.20. The van der Waals surface area contributed by atoms with E-state index in [1.165, 1.54) is 25.7 Å². The van der Waals surface area contributed by atoms with Gasteiger partial charge in [-0.1, -0.05) is 0 Å². The molecule has 1 aromatic heterocycles. The highest BCUT2D eigenvalue weighted by atomic mass is 15.3. The van der Waals surface area contributed by atoms with Crippen molar-refractivity contribution in [1.82, 2.24) is 20.2 Å². The summed E-state index contributed by atoms with van der Waals surface area (Å²) >= 11 is 0. The Kier molecular flexibility index (Phi) is 7.69. The molecule has 3 heterocycles. The average Bonchev–Trinajstić information content (AvgIpc) is 3.42. The molecule has 10 nitrogen and oxygen atoms in total. The van der Waals surface area contributed by atoms with Crippen LogP contribution in [0.1, 0.15) is 25.7 Å². The van der Waals surface area contributed by atoms with Gasteiger partial charge in [-0.2, -0.15) is 15.2 Å². The van der Waals surface area contributed by atoms with Gasteiger partial charge in [0.1, 0.15) is 11.6 Å². The first kappa shape index (κ1) is 20.9. The van der Waals surface area contributed by atoms with Gasteiger partial charge in [-0.3, -0.25) is 10.3 Å². The molecular formula is C19H32N10. The molecule has 0 saturated carbocycles. The Labute approximate surface area is 172 Å². The third-order valence-corrected chi connectivity index (χ3v) is 5.27. The van der Waals surface area contributed by atoms with Crippen molar-refractivity contribution in [2.45, 2.75) is 25.7 Å². The van der Waals surface area contributed by atoms with E-state index in [0.29, 0.717) is 6.54 Å². The number of aliphatic imine (C=N–C) groups is 1. The summed E-state index contributed by atoms with van der Waals surface area (Å²) < 4.78 is 0. The zero-order valence-electron chi connectivity index (χ0n) is 17.3. The number of guanidine groups is 1. The molecule has 0 radical (unpaired) electrons. The number of rotatable bonds is 9. The van der Waals surface area contributed by atoms with Crippen molar-refractivity contribution in [3.8, 4) is 6.19 Å². The van der Waals surface area contributed by atoms with Gasteiger partial charge < -0.3 is 25.8 Å². The first-order valence-corrected chi connectivity index (χ1v) is 10.4. The summed E-state index contributed by atoms with van der Waals surface area (Å²) in [6, 6.07) is 2.07. The molecule has 0 aromatic carbocycles. The zero-order chi connectivity index (χ0) is 20.5. The van der Waals surface area contributed by atoms with E-state index in [-0.39, 0.29) is 5.96 Å². The molecule has 0 atom stereocenters. The summed E-state index contributed by atoms with van der Waals surface area (Å²) in [5.41, 5.74) is 5.54. The topological polar surface area (TPSA) is 122 Å². The number of nitriles is 1. The zero-order valence-corrected chi connectivity index (χ0v) is 17.3. The highest BCUT2D eigenvalue weighted by Crippen LogP contribution is 2.25. The molecule has 0 amide bonds. The quantitative estimate of drug-likeness (QED) is 0.234. The molecule has 0 aliphatic carbocycles. The monoisotopic (exact) mass is 400 g/mol. The maximum Gasteiger partial charge on any atom is 0.229 e. The minimum absolute atomic E-state index is 0.156. The van der Waals surface area contributed by atoms with Crippen LogP contribution in [0.25, 0.3) is 0 Å². The fourth-order valence-corrected chi connectivity index (χ4v) is 3.60. The van der Waals surface area contributed by atoms with E-state index in [4.69, 9.17) is 21.0 Å². The van der Waals surface area contributed by atoms with Gasteiger partial charge in [-0.05, 0) is 32.7 Å². The van der Waals surface area contributed by atoms with Crippen molar-refractivity contribution in [2.24, 2.45) is 10.7 Å². The summed E-state index contributed by atoms with van der Waals surface area (Å²) in [6.45, 7) is 7.16. The lowest BCUT2D eigenvalue weighted by Gasteiger charge is -2.22. The molecule has 2 saturated heterocycles. The third kappa shape index (κ3) is 6.35. The van der Waals surface area contributed by atoms with Crippen LogP contribution in [0.2, 0.25) is 0 Å². The van der Waals surface area contributed by atoms with Gasteiger partial charge in [0.2, 0.25) is 11.9 Å². The van der Waals surface area contributed by atoms with E-state index in [0.717, 1.165) is 63.4 Å². The maximum atomic E-state index is 8.49. The predicted octanol–water partition coefficient (Wildman–Crippen LogP) is 0.406. The van der Waals surface area contributed by atoms with Crippen molar-refractivity contribution in [3.63, 3.8) is 0 Å². The van der Waals surface area contributed by atoms with E-state index in [1.54, 1.807) is 6.19 Å². The Morgan fingerprint density at radius 1 is 1.17 bits per heavy atom. The van der Waals surface area contributed by atoms with Crippen LogP contribution in [0.5, 0.6) is 0 Å². The lowest BCUT2D eigenvalue weighted by atomic mass is 10.4. The highest BCUT2D eigenvalue weighted by molar-refractivity contribution is 5.79. The second kappa shape index (κ2) is 10.7. The second-order valence-corrected chi connectivity index (χ2v) is 7.53. The lowest BCUT2D eigenvalue weighted by Crippen LogP contribution is -2.31. The van der Waals surface area contributed by atoms with Crippen LogP contribution in [0, 0.1) is 11.5 Å². The van der Waals surface area contributed by atoms with Crippen LogP contribution < -0.4 is 26.2 Å². The van der Waals surface area contributed by atoms with Gasteiger partial charge in [0, 0.05) is 51.9 Å². The molecule has 2 aliphatic heterocycles. The molecule has 0 unspecified atom stereocenters. The molecule has 0 bridgehead atoms. The Morgan fingerprint density at radius 3 is 2.55 bits per heavy atom. The van der Waals surface area contributed by atoms with Gasteiger partial charge in [0.25, 0.3) is 0 Å². The molecule has 2 aliphatic rings. The minimum Gasteiger partial charge on any atom is -0.369 e. The Bertz CT molecular complexity index is 682. The van der Waals surface area contributed by atoms with Crippen molar-refractivity contribution < 1.29 is 0 Å². The number of likely N-dealkylation sites (N-methyl/N-ethyl adjacent to an activating group) is 1. The smallest absolute Gasteiger partial charge is 0.229 e. The molecular weight excluding hydrogens is 368 g/mol. The van der Waals surface area contributed by atoms with E-state index in [1.807, 2.05) is 7.05 Å². The van der Waals surface area contributed by atoms with Gasteiger partial charge in [-0.15, -0.1) is 0 Å².